The Morgan fingerprint density at radius 2 is 0.939 bits per heavy atom. The first-order valence-corrected chi connectivity index (χ1v) is 29.4. The van der Waals surface area contributed by atoms with Crippen LogP contribution in [-0.2, 0) is 51.4 Å². The number of nitrogens with zero attached hydrogens (tertiary/aromatic N) is 9. The van der Waals surface area contributed by atoms with Crippen molar-refractivity contribution in [2.24, 2.45) is 14.1 Å². The van der Waals surface area contributed by atoms with Gasteiger partial charge in [-0.25, -0.2) is 4.98 Å². The van der Waals surface area contributed by atoms with Crippen molar-refractivity contribution in [3.63, 3.8) is 0 Å². The van der Waals surface area contributed by atoms with Gasteiger partial charge in [-0.15, -0.1) is 11.8 Å². The van der Waals surface area contributed by atoms with Crippen LogP contribution in [0.1, 0.15) is 34.2 Å². The van der Waals surface area contributed by atoms with Crippen molar-refractivity contribution in [2.45, 2.75) is 43.9 Å². The van der Waals surface area contributed by atoms with Crippen molar-refractivity contribution in [3.8, 4) is 5.75 Å². The van der Waals surface area contributed by atoms with Crippen LogP contribution in [0.5, 0.6) is 5.75 Å². The topological polar surface area (TPSA) is 60.7 Å². The van der Waals surface area contributed by atoms with Gasteiger partial charge in [0.15, 0.2) is 6.73 Å². The van der Waals surface area contributed by atoms with Crippen LogP contribution in [-0.4, -0.2) is 93.7 Å². The molecule has 0 fully saturated rings. The highest BCUT2D eigenvalue weighted by Crippen LogP contribution is 2.37. The van der Waals surface area contributed by atoms with E-state index < -0.39 is 0 Å². The Morgan fingerprint density at radius 1 is 0.415 bits per heavy atom. The van der Waals surface area contributed by atoms with Crippen molar-refractivity contribution in [1.82, 2.24) is 19.0 Å². The first kappa shape index (κ1) is 58.5. The average Bonchev–Trinajstić information content (AvgIpc) is 4.44. The zero-order valence-corrected chi connectivity index (χ0v) is 50.1. The standard InChI is InChI=1S/C10H13N.C9H11NO.2C9H11N.C9H9N.C8H8N2.C8H9NO.C8H9NS/c1-11-8-4-6-9-5-2-3-7-10(9)11;1-10-7-11-6-8-4-2-3-5-9(8)10;1-10-6-8-4-2-3-5-9(8)7-10;2*1-10-7-6-8-4-2-3-5-9(8)10;1-10-6-9-7-4-2-3-5-8(7)10;2*1-9-6-10-8-5-3-2-4-7(8)9/h2-3,5,7H,4,6,8H2,1H3;2-5H,6-7H2,1H3;2*2-5H,6-7H2,1H3;2-7H,1H3;2-6H,1H3;2*2-5H,6H2,1H3. The van der Waals surface area contributed by atoms with Crippen LogP contribution in [0.4, 0.5) is 28.4 Å². The molecule has 0 N–H and O–H groups in total. The fourth-order valence-corrected chi connectivity index (χ4v) is 11.7. The van der Waals surface area contributed by atoms with Gasteiger partial charge in [-0.05, 0) is 121 Å². The summed E-state index contributed by atoms with van der Waals surface area (Å²) in [7, 11) is 16.7. The zero-order chi connectivity index (χ0) is 57.2. The number of aryl methyl sites for hydroxylation is 3. The molecule has 0 radical (unpaired) electrons. The summed E-state index contributed by atoms with van der Waals surface area (Å²) in [5.74, 6) is 2.09. The number of para-hydroxylation sites is 9. The second-order valence-electron chi connectivity index (χ2n) is 21.4. The van der Waals surface area contributed by atoms with Gasteiger partial charge in [0.05, 0.1) is 41.2 Å². The number of fused-ring (bicyclic) bond motifs is 8. The Bertz CT molecular complexity index is 3320. The molecule has 11 nitrogen and oxygen atoms in total. The molecule has 0 bridgehead atoms. The van der Waals surface area contributed by atoms with Gasteiger partial charge in [0.25, 0.3) is 0 Å². The number of benzene rings is 8. The maximum Gasteiger partial charge on any atom is 0.161 e. The molecule has 0 aliphatic carbocycles. The van der Waals surface area contributed by atoms with Crippen LogP contribution >= 0.6 is 11.8 Å². The lowest BCUT2D eigenvalue weighted by Crippen LogP contribution is -2.26. The molecule has 8 aromatic carbocycles. The third-order valence-electron chi connectivity index (χ3n) is 15.2. The van der Waals surface area contributed by atoms with E-state index in [1.807, 2.05) is 86.3 Å². The first-order chi connectivity index (χ1) is 40.0. The van der Waals surface area contributed by atoms with Gasteiger partial charge in [-0.3, -0.25) is 4.90 Å². The lowest BCUT2D eigenvalue weighted by molar-refractivity contribution is 0.113. The van der Waals surface area contributed by atoms with Crippen molar-refractivity contribution in [1.29, 1.82) is 0 Å². The van der Waals surface area contributed by atoms with Crippen LogP contribution in [0.3, 0.4) is 0 Å². The molecular formula is C70H81N9O2S. The van der Waals surface area contributed by atoms with Gasteiger partial charge < -0.3 is 43.1 Å². The Balaban J connectivity index is 0.000000113. The number of likely N-dealkylation sites (N-methyl/N-ethyl adjacent to an activating group) is 1. The largest absolute Gasteiger partial charge is 0.471 e. The van der Waals surface area contributed by atoms with E-state index in [1.54, 1.807) is 0 Å². The van der Waals surface area contributed by atoms with Crippen molar-refractivity contribution in [2.75, 3.05) is 99.2 Å². The van der Waals surface area contributed by atoms with Crippen molar-refractivity contribution < 1.29 is 9.47 Å². The molecule has 16 rings (SSSR count). The molecule has 8 heterocycles. The lowest BCUT2D eigenvalue weighted by atomic mass is 10.0. The zero-order valence-electron chi connectivity index (χ0n) is 49.2. The normalized spacial score (nSPS) is 14.6. The van der Waals surface area contributed by atoms with E-state index in [9.17, 15) is 0 Å². The van der Waals surface area contributed by atoms with Crippen molar-refractivity contribution in [3.05, 3.63) is 241 Å². The second kappa shape index (κ2) is 29.0. The van der Waals surface area contributed by atoms with E-state index in [1.165, 1.54) is 110 Å². The summed E-state index contributed by atoms with van der Waals surface area (Å²) in [4.78, 5) is 19.0. The molecule has 0 unspecified atom stereocenters. The average molecular weight is 1110 g/mol. The number of hydrogen-bond donors (Lipinski definition) is 0. The van der Waals surface area contributed by atoms with Gasteiger partial charge in [-0.1, -0.05) is 133 Å². The van der Waals surface area contributed by atoms with E-state index in [0.29, 0.717) is 13.5 Å². The first-order valence-electron chi connectivity index (χ1n) is 28.4. The number of ether oxygens (including phenoxy) is 2. The summed E-state index contributed by atoms with van der Waals surface area (Å²) < 4.78 is 14.8. The maximum atomic E-state index is 5.34. The molecule has 82 heavy (non-hydrogen) atoms. The summed E-state index contributed by atoms with van der Waals surface area (Å²) in [6, 6.07) is 69.3. The Morgan fingerprint density at radius 3 is 1.57 bits per heavy atom. The van der Waals surface area contributed by atoms with Gasteiger partial charge in [0, 0.05) is 115 Å². The summed E-state index contributed by atoms with van der Waals surface area (Å²) in [5.41, 5.74) is 17.5. The molecule has 0 saturated carbocycles. The van der Waals surface area contributed by atoms with Crippen LogP contribution < -0.4 is 29.2 Å². The molecule has 12 heteroatoms. The van der Waals surface area contributed by atoms with Gasteiger partial charge in [0.2, 0.25) is 0 Å². The quantitative estimate of drug-likeness (QED) is 0.147. The molecule has 0 atom stereocenters. The molecule has 2 aromatic heterocycles. The molecule has 0 spiro atoms. The van der Waals surface area contributed by atoms with E-state index in [4.69, 9.17) is 9.47 Å². The van der Waals surface area contributed by atoms with Gasteiger partial charge >= 0.3 is 0 Å². The fourth-order valence-electron chi connectivity index (χ4n) is 10.7. The van der Waals surface area contributed by atoms with Crippen LogP contribution in [0.25, 0.3) is 21.9 Å². The number of imidazole rings is 1. The lowest BCUT2D eigenvalue weighted by Gasteiger charge is -2.27. The number of anilines is 5. The summed E-state index contributed by atoms with van der Waals surface area (Å²) >= 11 is 1.90. The minimum atomic E-state index is 0.680. The third-order valence-corrected chi connectivity index (χ3v) is 16.4. The fraction of sp³-hybridized carbons (Fsp3) is 0.271. The van der Waals surface area contributed by atoms with Gasteiger partial charge in [-0.2, -0.15) is 0 Å². The SMILES string of the molecule is CN1CCCc2ccccc21.CN1CCc2ccccc21.CN1COCc2ccccc21.CN1COc2ccccc21.CN1CSc2ccccc21.CN1Cc2ccccc2C1.Cn1ccc2ccccc21.Cn1cnc2ccccc21. The van der Waals surface area contributed by atoms with E-state index in [0.717, 1.165) is 36.8 Å². The Labute approximate surface area is 491 Å². The Hall–Kier alpha value is -8.16. The highest BCUT2D eigenvalue weighted by molar-refractivity contribution is 7.99. The summed E-state index contributed by atoms with van der Waals surface area (Å²) in [5, 5.41) is 1.31. The molecular weight excluding hydrogens is 1030 g/mol. The van der Waals surface area contributed by atoms with Crippen LogP contribution in [0, 0.1) is 0 Å². The van der Waals surface area contributed by atoms with E-state index in [-0.39, 0.29) is 0 Å². The summed E-state index contributed by atoms with van der Waals surface area (Å²) in [6.07, 6.45) is 7.66. The predicted octanol–water partition coefficient (Wildman–Crippen LogP) is 14.4. The highest BCUT2D eigenvalue weighted by atomic mass is 32.2. The number of hydrogen-bond acceptors (Lipinski definition) is 10. The van der Waals surface area contributed by atoms with E-state index in [2.05, 4.69) is 238 Å². The van der Waals surface area contributed by atoms with E-state index >= 15 is 0 Å². The highest BCUT2D eigenvalue weighted by Gasteiger charge is 2.17. The number of thioether (sulfide) groups is 1. The molecule has 424 valence electrons. The molecule has 10 aromatic rings. The Kier molecular flexibility index (Phi) is 20.7. The minimum Gasteiger partial charge on any atom is -0.471 e. The van der Waals surface area contributed by atoms with Gasteiger partial charge in [0.1, 0.15) is 12.5 Å². The second-order valence-corrected chi connectivity index (χ2v) is 22.4. The smallest absolute Gasteiger partial charge is 0.161 e. The maximum absolute atomic E-state index is 5.34. The number of rotatable bonds is 0. The monoisotopic (exact) mass is 1110 g/mol. The van der Waals surface area contributed by atoms with Crippen LogP contribution in [0.2, 0.25) is 0 Å². The van der Waals surface area contributed by atoms with Crippen molar-refractivity contribution >= 4 is 62.1 Å². The summed E-state index contributed by atoms with van der Waals surface area (Å²) in [6.45, 7) is 6.76. The molecule has 6 aliphatic rings. The molecule has 0 amide bonds. The number of aromatic nitrogens is 3. The third kappa shape index (κ3) is 15.4. The van der Waals surface area contributed by atoms with Crippen LogP contribution in [0.15, 0.2) is 218 Å². The molecule has 6 aliphatic heterocycles. The minimum absolute atomic E-state index is 0.680. The molecule has 0 saturated heterocycles. The predicted molar refractivity (Wildman–Crippen MR) is 347 cm³/mol.